The van der Waals surface area contributed by atoms with Gasteiger partial charge in [0.15, 0.2) is 0 Å². The van der Waals surface area contributed by atoms with Crippen LogP contribution in [-0.2, 0) is 11.2 Å². The number of anilines is 1. The van der Waals surface area contributed by atoms with Crippen LogP contribution in [0.1, 0.15) is 5.56 Å². The van der Waals surface area contributed by atoms with E-state index in [2.05, 4.69) is 5.32 Å². The Kier molecular flexibility index (Phi) is 5.42. The van der Waals surface area contributed by atoms with Crippen LogP contribution in [0.15, 0.2) is 36.4 Å². The van der Waals surface area contributed by atoms with Crippen LogP contribution >= 0.6 is 11.6 Å². The second-order valence-electron chi connectivity index (χ2n) is 4.98. The SMILES string of the molecule is O=C(Cc1ccc([N+](=O)[O-])cc1[N+](=O)[O-])Nc1ccc(Cl)c([N+](=O)[O-])c1. The Bertz CT molecular complexity index is 932. The third-order valence-corrected chi connectivity index (χ3v) is 3.57. The van der Waals surface area contributed by atoms with E-state index in [0.717, 1.165) is 24.3 Å². The number of nitro benzene ring substituents is 3. The largest absolute Gasteiger partial charge is 0.326 e. The van der Waals surface area contributed by atoms with Crippen molar-refractivity contribution in [2.75, 3.05) is 5.32 Å². The van der Waals surface area contributed by atoms with E-state index in [-0.39, 0.29) is 16.3 Å². The molecule has 1 amide bonds. The van der Waals surface area contributed by atoms with Crippen LogP contribution in [0.5, 0.6) is 0 Å². The van der Waals surface area contributed by atoms with Gasteiger partial charge in [-0.05, 0) is 18.2 Å². The second-order valence-corrected chi connectivity index (χ2v) is 5.38. The molecule has 2 rings (SSSR count). The number of non-ortho nitro benzene ring substituents is 1. The predicted molar refractivity (Wildman–Crippen MR) is 90.2 cm³/mol. The van der Waals surface area contributed by atoms with E-state index in [4.69, 9.17) is 11.6 Å². The second kappa shape index (κ2) is 7.53. The smallest absolute Gasteiger partial charge is 0.289 e. The molecular weight excluding hydrogens is 372 g/mol. The summed E-state index contributed by atoms with van der Waals surface area (Å²) in [6, 6.07) is 6.52. The van der Waals surface area contributed by atoms with E-state index in [1.54, 1.807) is 0 Å². The average Bonchev–Trinajstić information content (AvgIpc) is 2.56. The summed E-state index contributed by atoms with van der Waals surface area (Å²) < 4.78 is 0. The van der Waals surface area contributed by atoms with Gasteiger partial charge in [0.2, 0.25) is 5.91 Å². The number of carbonyl (C=O) groups is 1. The van der Waals surface area contributed by atoms with E-state index in [1.165, 1.54) is 12.1 Å². The van der Waals surface area contributed by atoms with Gasteiger partial charge in [0, 0.05) is 23.4 Å². The van der Waals surface area contributed by atoms with Crippen molar-refractivity contribution in [3.8, 4) is 0 Å². The van der Waals surface area contributed by atoms with Crippen molar-refractivity contribution < 1.29 is 19.6 Å². The monoisotopic (exact) mass is 380 g/mol. The molecule has 0 unspecified atom stereocenters. The molecule has 0 saturated heterocycles. The number of rotatable bonds is 6. The molecule has 0 aliphatic carbocycles. The highest BCUT2D eigenvalue weighted by molar-refractivity contribution is 6.32. The maximum Gasteiger partial charge on any atom is 0.289 e. The van der Waals surface area contributed by atoms with Crippen LogP contribution in [0, 0.1) is 30.3 Å². The van der Waals surface area contributed by atoms with Gasteiger partial charge in [-0.2, -0.15) is 0 Å². The lowest BCUT2D eigenvalue weighted by Crippen LogP contribution is -2.15. The molecule has 0 aliphatic rings. The van der Waals surface area contributed by atoms with E-state index in [9.17, 15) is 35.1 Å². The van der Waals surface area contributed by atoms with E-state index in [0.29, 0.717) is 0 Å². The number of nitro groups is 3. The van der Waals surface area contributed by atoms with Crippen molar-refractivity contribution in [1.29, 1.82) is 0 Å². The molecule has 0 aliphatic heterocycles. The summed E-state index contributed by atoms with van der Waals surface area (Å²) in [5.74, 6) is -0.696. The third kappa shape index (κ3) is 4.27. The predicted octanol–water partition coefficient (Wildman–Crippen LogP) is 3.25. The first kappa shape index (κ1) is 18.7. The van der Waals surface area contributed by atoms with Gasteiger partial charge in [0.25, 0.3) is 17.1 Å². The Morgan fingerprint density at radius 2 is 1.58 bits per heavy atom. The summed E-state index contributed by atoms with van der Waals surface area (Å²) in [6.07, 6.45) is -0.454. The molecule has 0 spiro atoms. The Morgan fingerprint density at radius 1 is 0.923 bits per heavy atom. The van der Waals surface area contributed by atoms with Crippen molar-refractivity contribution in [3.63, 3.8) is 0 Å². The van der Waals surface area contributed by atoms with Gasteiger partial charge in [-0.3, -0.25) is 35.1 Å². The van der Waals surface area contributed by atoms with Crippen LogP contribution in [0.2, 0.25) is 5.02 Å². The minimum atomic E-state index is -0.831. The summed E-state index contributed by atoms with van der Waals surface area (Å²) in [6.45, 7) is 0. The summed E-state index contributed by atoms with van der Waals surface area (Å²) in [5.41, 5.74) is -1.42. The van der Waals surface area contributed by atoms with Gasteiger partial charge in [-0.1, -0.05) is 11.6 Å². The number of halogens is 1. The molecule has 2 aromatic rings. The molecule has 0 heterocycles. The normalized spacial score (nSPS) is 10.2. The molecule has 12 heteroatoms. The molecule has 0 fully saturated rings. The topological polar surface area (TPSA) is 159 Å². The number of amides is 1. The lowest BCUT2D eigenvalue weighted by atomic mass is 10.1. The van der Waals surface area contributed by atoms with Crippen LogP contribution in [0.3, 0.4) is 0 Å². The van der Waals surface area contributed by atoms with Gasteiger partial charge < -0.3 is 5.32 Å². The Balaban J connectivity index is 2.23. The Labute approximate surface area is 149 Å². The number of hydrogen-bond acceptors (Lipinski definition) is 7. The highest BCUT2D eigenvalue weighted by Crippen LogP contribution is 2.28. The van der Waals surface area contributed by atoms with E-state index >= 15 is 0 Å². The number of hydrogen-bond donors (Lipinski definition) is 1. The Hall–Kier alpha value is -3.60. The number of carbonyl (C=O) groups excluding carboxylic acids is 1. The zero-order valence-corrected chi connectivity index (χ0v) is 13.5. The number of nitrogens with zero attached hydrogens (tertiary/aromatic N) is 3. The molecule has 2 aromatic carbocycles. The first-order valence-electron chi connectivity index (χ1n) is 6.84. The quantitative estimate of drug-likeness (QED) is 0.594. The van der Waals surface area contributed by atoms with Crippen LogP contribution in [0.4, 0.5) is 22.7 Å². The zero-order chi connectivity index (χ0) is 19.4. The van der Waals surface area contributed by atoms with Crippen molar-refractivity contribution in [3.05, 3.63) is 77.3 Å². The molecule has 134 valence electrons. The fourth-order valence-corrected chi connectivity index (χ4v) is 2.28. The first-order chi connectivity index (χ1) is 12.2. The van der Waals surface area contributed by atoms with Crippen molar-refractivity contribution in [2.45, 2.75) is 6.42 Å². The average molecular weight is 381 g/mol. The van der Waals surface area contributed by atoms with Crippen molar-refractivity contribution >= 4 is 40.3 Å². The summed E-state index contributed by atoms with van der Waals surface area (Å²) in [7, 11) is 0. The van der Waals surface area contributed by atoms with Crippen LogP contribution in [-0.4, -0.2) is 20.7 Å². The number of nitrogens with one attached hydrogen (secondary N) is 1. The molecular formula is C14H9ClN4O7. The van der Waals surface area contributed by atoms with E-state index in [1.807, 2.05) is 0 Å². The van der Waals surface area contributed by atoms with Gasteiger partial charge in [0.05, 0.1) is 27.3 Å². The van der Waals surface area contributed by atoms with Gasteiger partial charge in [-0.15, -0.1) is 0 Å². The zero-order valence-electron chi connectivity index (χ0n) is 12.7. The minimum Gasteiger partial charge on any atom is -0.326 e. The van der Waals surface area contributed by atoms with Crippen LogP contribution < -0.4 is 5.32 Å². The Morgan fingerprint density at radius 3 is 2.15 bits per heavy atom. The summed E-state index contributed by atoms with van der Waals surface area (Å²) in [5, 5.41) is 34.8. The lowest BCUT2D eigenvalue weighted by Gasteiger charge is -2.06. The first-order valence-corrected chi connectivity index (χ1v) is 7.22. The van der Waals surface area contributed by atoms with Gasteiger partial charge in [0.1, 0.15) is 5.02 Å². The fourth-order valence-electron chi connectivity index (χ4n) is 2.09. The maximum atomic E-state index is 12.1. The third-order valence-electron chi connectivity index (χ3n) is 3.25. The molecule has 11 nitrogen and oxygen atoms in total. The van der Waals surface area contributed by atoms with Crippen molar-refractivity contribution in [2.24, 2.45) is 0 Å². The summed E-state index contributed by atoms with van der Waals surface area (Å²) in [4.78, 5) is 42.3. The summed E-state index contributed by atoms with van der Waals surface area (Å²) >= 11 is 5.67. The highest BCUT2D eigenvalue weighted by Gasteiger charge is 2.21. The lowest BCUT2D eigenvalue weighted by molar-refractivity contribution is -0.394. The van der Waals surface area contributed by atoms with Crippen molar-refractivity contribution in [1.82, 2.24) is 0 Å². The highest BCUT2D eigenvalue weighted by atomic mass is 35.5. The molecule has 0 bridgehead atoms. The standard InChI is InChI=1S/C14H9ClN4O7/c15-11-4-2-9(6-13(11)19(25)26)16-14(20)5-8-1-3-10(17(21)22)7-12(8)18(23)24/h1-4,6-7H,5H2,(H,16,20). The minimum absolute atomic E-state index is 0.0402. The van der Waals surface area contributed by atoms with Gasteiger partial charge in [-0.25, -0.2) is 0 Å². The molecule has 26 heavy (non-hydrogen) atoms. The molecule has 0 atom stereocenters. The molecule has 1 N–H and O–H groups in total. The molecule has 0 aromatic heterocycles. The fraction of sp³-hybridized carbons (Fsp3) is 0.0714. The molecule has 0 saturated carbocycles. The van der Waals surface area contributed by atoms with Gasteiger partial charge >= 0.3 is 0 Å². The van der Waals surface area contributed by atoms with E-state index < -0.39 is 44.2 Å². The number of benzene rings is 2. The maximum absolute atomic E-state index is 12.1. The molecule has 0 radical (unpaired) electrons. The van der Waals surface area contributed by atoms with Crippen LogP contribution in [0.25, 0.3) is 0 Å².